The molecule has 0 spiro atoms. The summed E-state index contributed by atoms with van der Waals surface area (Å²) >= 11 is 0. The van der Waals surface area contributed by atoms with Crippen LogP contribution in [0.4, 0.5) is 13.2 Å². The molecule has 0 aromatic carbocycles. The summed E-state index contributed by atoms with van der Waals surface area (Å²) in [5.74, 6) is -0.635. The zero-order chi connectivity index (χ0) is 15.5. The molecule has 1 aromatic heterocycles. The van der Waals surface area contributed by atoms with Crippen LogP contribution in [0.3, 0.4) is 0 Å². The zero-order valence-electron chi connectivity index (χ0n) is 12.1. The van der Waals surface area contributed by atoms with Crippen LogP contribution < -0.4 is 5.32 Å². The maximum atomic E-state index is 12.6. The first-order chi connectivity index (χ1) is 9.86. The average Bonchev–Trinajstić information content (AvgIpc) is 2.92. The second kappa shape index (κ2) is 6.83. The fraction of sp³-hybridized carbons (Fsp3) is 0.733. The Kier molecular flexibility index (Phi) is 5.32. The summed E-state index contributed by atoms with van der Waals surface area (Å²) in [5.41, 5.74) is 0. The summed E-state index contributed by atoms with van der Waals surface area (Å²) in [6.45, 7) is 1.93. The van der Waals surface area contributed by atoms with Gasteiger partial charge in [0.15, 0.2) is 0 Å². The van der Waals surface area contributed by atoms with Gasteiger partial charge in [-0.05, 0) is 51.2 Å². The molecule has 1 fully saturated rings. The van der Waals surface area contributed by atoms with Crippen molar-refractivity contribution in [3.05, 3.63) is 24.2 Å². The average molecular weight is 305 g/mol. The van der Waals surface area contributed by atoms with Gasteiger partial charge in [-0.25, -0.2) is 0 Å². The molecule has 6 heteroatoms. The molecule has 0 bridgehead atoms. The lowest BCUT2D eigenvalue weighted by Crippen LogP contribution is -2.41. The van der Waals surface area contributed by atoms with Gasteiger partial charge in [-0.1, -0.05) is 0 Å². The summed E-state index contributed by atoms with van der Waals surface area (Å²) in [5, 5.41) is 13.3. The summed E-state index contributed by atoms with van der Waals surface area (Å²) in [7, 11) is 0. The molecule has 0 amide bonds. The van der Waals surface area contributed by atoms with E-state index in [9.17, 15) is 18.3 Å². The lowest BCUT2D eigenvalue weighted by Gasteiger charge is -2.32. The van der Waals surface area contributed by atoms with Crippen LogP contribution in [0.25, 0.3) is 0 Å². The molecule has 21 heavy (non-hydrogen) atoms. The zero-order valence-corrected chi connectivity index (χ0v) is 12.1. The maximum Gasteiger partial charge on any atom is 0.391 e. The Balaban J connectivity index is 1.73. The molecule has 2 atom stereocenters. The minimum absolute atomic E-state index is 0.0255. The fourth-order valence-electron chi connectivity index (χ4n) is 2.99. The van der Waals surface area contributed by atoms with Crippen LogP contribution >= 0.6 is 0 Å². The predicted molar refractivity (Wildman–Crippen MR) is 72.7 cm³/mol. The second-order valence-corrected chi connectivity index (χ2v) is 5.92. The molecule has 0 aliphatic heterocycles. The van der Waals surface area contributed by atoms with Gasteiger partial charge < -0.3 is 14.8 Å². The van der Waals surface area contributed by atoms with Gasteiger partial charge in [0.2, 0.25) is 0 Å². The van der Waals surface area contributed by atoms with Crippen molar-refractivity contribution in [3.8, 4) is 0 Å². The van der Waals surface area contributed by atoms with Gasteiger partial charge in [0.25, 0.3) is 0 Å². The molecule has 1 aromatic rings. The van der Waals surface area contributed by atoms with Gasteiger partial charge >= 0.3 is 6.18 Å². The first-order valence-corrected chi connectivity index (χ1v) is 7.40. The minimum Gasteiger partial charge on any atom is -0.467 e. The van der Waals surface area contributed by atoms with Crippen LogP contribution in [-0.4, -0.2) is 23.4 Å². The smallest absolute Gasteiger partial charge is 0.391 e. The first kappa shape index (κ1) is 16.4. The van der Waals surface area contributed by atoms with Crippen molar-refractivity contribution in [2.75, 3.05) is 0 Å². The Labute approximate surface area is 122 Å². The normalized spacial score (nSPS) is 26.5. The lowest BCUT2D eigenvalue weighted by atomic mass is 9.85. The summed E-state index contributed by atoms with van der Waals surface area (Å²) in [6, 6.07) is 3.56. The molecule has 0 saturated heterocycles. The van der Waals surface area contributed by atoms with Crippen molar-refractivity contribution in [2.24, 2.45) is 5.92 Å². The Morgan fingerprint density at radius 2 is 2.00 bits per heavy atom. The molecule has 1 aliphatic carbocycles. The number of rotatable bonds is 5. The van der Waals surface area contributed by atoms with Crippen molar-refractivity contribution in [2.45, 2.75) is 63.4 Å². The van der Waals surface area contributed by atoms with E-state index in [0.717, 1.165) is 0 Å². The minimum atomic E-state index is -4.06. The van der Waals surface area contributed by atoms with Crippen LogP contribution in [0.15, 0.2) is 22.8 Å². The molecule has 3 nitrogen and oxygen atoms in total. The van der Waals surface area contributed by atoms with Gasteiger partial charge in [-0.2, -0.15) is 13.2 Å². The van der Waals surface area contributed by atoms with Crippen molar-refractivity contribution < 1.29 is 22.7 Å². The molecule has 120 valence electrons. The number of furan rings is 1. The molecule has 1 saturated carbocycles. The van der Waals surface area contributed by atoms with E-state index in [4.69, 9.17) is 4.42 Å². The van der Waals surface area contributed by atoms with Crippen molar-refractivity contribution in [3.63, 3.8) is 0 Å². The molecule has 2 rings (SSSR count). The molecular formula is C15H22F3NO2. The largest absolute Gasteiger partial charge is 0.467 e. The maximum absolute atomic E-state index is 12.6. The highest BCUT2D eigenvalue weighted by Crippen LogP contribution is 2.37. The predicted octanol–water partition coefficient (Wildman–Crippen LogP) is 3.80. The number of halogens is 3. The SMILES string of the molecule is C[C@H](C[C@@H](O)c1ccco1)NC1CCC(C(F)(F)F)CC1. The van der Waals surface area contributed by atoms with E-state index in [2.05, 4.69) is 5.32 Å². The van der Waals surface area contributed by atoms with E-state index in [1.165, 1.54) is 6.26 Å². The number of nitrogens with one attached hydrogen (secondary N) is 1. The highest BCUT2D eigenvalue weighted by atomic mass is 19.4. The van der Waals surface area contributed by atoms with Crippen LogP contribution in [0.1, 0.15) is 50.9 Å². The van der Waals surface area contributed by atoms with Crippen LogP contribution in [0.5, 0.6) is 0 Å². The van der Waals surface area contributed by atoms with E-state index >= 15 is 0 Å². The first-order valence-electron chi connectivity index (χ1n) is 7.40. The third-order valence-corrected chi connectivity index (χ3v) is 4.16. The monoisotopic (exact) mass is 305 g/mol. The van der Waals surface area contributed by atoms with E-state index in [0.29, 0.717) is 25.0 Å². The molecule has 0 radical (unpaired) electrons. The number of aliphatic hydroxyl groups excluding tert-OH is 1. The Hall–Kier alpha value is -1.01. The standard InChI is InChI=1S/C15H22F3NO2/c1-10(9-13(20)14-3-2-8-21-14)19-12-6-4-11(5-7-12)15(16,17)18/h2-3,8,10-13,19-20H,4-7,9H2,1H3/t10-,11?,12?,13-/m1/s1. The Bertz CT molecular complexity index is 411. The molecule has 1 aliphatic rings. The van der Waals surface area contributed by atoms with Crippen molar-refractivity contribution >= 4 is 0 Å². The third kappa shape index (κ3) is 4.74. The quantitative estimate of drug-likeness (QED) is 0.869. The number of hydrogen-bond acceptors (Lipinski definition) is 3. The van der Waals surface area contributed by atoms with E-state index in [-0.39, 0.29) is 24.9 Å². The van der Waals surface area contributed by atoms with Crippen molar-refractivity contribution in [1.29, 1.82) is 0 Å². The molecule has 0 unspecified atom stereocenters. The van der Waals surface area contributed by atoms with Crippen LogP contribution in [0.2, 0.25) is 0 Å². The van der Waals surface area contributed by atoms with Crippen LogP contribution in [0, 0.1) is 5.92 Å². The highest BCUT2D eigenvalue weighted by molar-refractivity contribution is 5.02. The van der Waals surface area contributed by atoms with Gasteiger partial charge in [0, 0.05) is 12.1 Å². The molecule has 1 heterocycles. The Morgan fingerprint density at radius 1 is 1.33 bits per heavy atom. The third-order valence-electron chi connectivity index (χ3n) is 4.16. The van der Waals surface area contributed by atoms with Gasteiger partial charge in [0.05, 0.1) is 12.2 Å². The molecule has 2 N–H and O–H groups in total. The second-order valence-electron chi connectivity index (χ2n) is 5.92. The molecular weight excluding hydrogens is 283 g/mol. The van der Waals surface area contributed by atoms with Crippen molar-refractivity contribution in [1.82, 2.24) is 5.32 Å². The van der Waals surface area contributed by atoms with Gasteiger partial charge in [-0.15, -0.1) is 0 Å². The van der Waals surface area contributed by atoms with E-state index in [1.807, 2.05) is 6.92 Å². The number of hydrogen-bond donors (Lipinski definition) is 2. The van der Waals surface area contributed by atoms with Crippen LogP contribution in [-0.2, 0) is 0 Å². The number of aliphatic hydroxyl groups is 1. The van der Waals surface area contributed by atoms with Gasteiger partial charge in [-0.3, -0.25) is 0 Å². The Morgan fingerprint density at radius 3 is 2.52 bits per heavy atom. The lowest BCUT2D eigenvalue weighted by molar-refractivity contribution is -0.182. The summed E-state index contributed by atoms with van der Waals surface area (Å²) in [6.07, 6.45) is -1.32. The fourth-order valence-corrected chi connectivity index (χ4v) is 2.99. The summed E-state index contributed by atoms with van der Waals surface area (Å²) < 4.78 is 42.9. The van der Waals surface area contributed by atoms with E-state index in [1.54, 1.807) is 12.1 Å². The number of alkyl halides is 3. The highest BCUT2D eigenvalue weighted by Gasteiger charge is 2.41. The van der Waals surface area contributed by atoms with E-state index < -0.39 is 18.2 Å². The topological polar surface area (TPSA) is 45.4 Å². The van der Waals surface area contributed by atoms with Gasteiger partial charge in [0.1, 0.15) is 11.9 Å². The summed E-state index contributed by atoms with van der Waals surface area (Å²) in [4.78, 5) is 0.